The average Bonchev–Trinajstić information content (AvgIpc) is 2.26. The highest BCUT2D eigenvalue weighted by Gasteiger charge is 2.21. The molecule has 0 saturated heterocycles. The molecule has 2 nitrogen and oxygen atoms in total. The maximum atomic E-state index is 10.9. The van der Waals surface area contributed by atoms with E-state index in [1.165, 1.54) is 5.56 Å². The number of benzene rings is 1. The second-order valence-electron chi connectivity index (χ2n) is 3.98. The summed E-state index contributed by atoms with van der Waals surface area (Å²) in [7, 11) is 0. The van der Waals surface area contributed by atoms with Gasteiger partial charge in [0.1, 0.15) is 0 Å². The van der Waals surface area contributed by atoms with Crippen LogP contribution in [0.3, 0.4) is 0 Å². The fourth-order valence-electron chi connectivity index (χ4n) is 1.79. The van der Waals surface area contributed by atoms with E-state index in [2.05, 4.69) is 12.1 Å². The van der Waals surface area contributed by atoms with Crippen molar-refractivity contribution in [2.45, 2.75) is 26.7 Å². The molecule has 2 heteroatoms. The molecule has 1 unspecified atom stereocenters. The Morgan fingerprint density at radius 2 is 1.93 bits per heavy atom. The molecule has 0 aliphatic heterocycles. The normalized spacial score (nSPS) is 14.5. The summed E-state index contributed by atoms with van der Waals surface area (Å²) >= 11 is 0. The zero-order valence-electron chi connectivity index (χ0n) is 9.31. The van der Waals surface area contributed by atoms with Crippen molar-refractivity contribution in [1.82, 2.24) is 0 Å². The second kappa shape index (κ2) is 5.54. The van der Waals surface area contributed by atoms with Gasteiger partial charge in [-0.15, -0.1) is 0 Å². The smallest absolute Gasteiger partial charge is 0.306 e. The summed E-state index contributed by atoms with van der Waals surface area (Å²) in [6.07, 6.45) is 1.76. The second-order valence-corrected chi connectivity index (χ2v) is 3.98. The molecule has 0 fully saturated rings. The van der Waals surface area contributed by atoms with Crippen LogP contribution in [0.5, 0.6) is 0 Å². The quantitative estimate of drug-likeness (QED) is 0.804. The number of aliphatic carboxylic acids is 1. The Kier molecular flexibility index (Phi) is 4.35. The third kappa shape index (κ3) is 3.39. The van der Waals surface area contributed by atoms with Gasteiger partial charge in [-0.1, -0.05) is 50.6 Å². The third-order valence-electron chi connectivity index (χ3n) is 2.96. The molecule has 0 aromatic heterocycles. The predicted octanol–water partition coefficient (Wildman–Crippen LogP) is 2.98. The summed E-state index contributed by atoms with van der Waals surface area (Å²) in [5.41, 5.74) is 1.22. The molecule has 0 saturated carbocycles. The maximum absolute atomic E-state index is 10.9. The molecular weight excluding hydrogens is 188 g/mol. The standard InChI is InChI=1S/C13H18O2/c1-3-12(10(2)13(14)15)9-11-7-5-4-6-8-11/h4-8,10,12H,3,9H2,1-2H3,(H,14,15)/t10-,12?/m1/s1. The fourth-order valence-corrected chi connectivity index (χ4v) is 1.79. The summed E-state index contributed by atoms with van der Waals surface area (Å²) < 4.78 is 0. The predicted molar refractivity (Wildman–Crippen MR) is 60.7 cm³/mol. The zero-order valence-corrected chi connectivity index (χ0v) is 9.31. The summed E-state index contributed by atoms with van der Waals surface area (Å²) in [5.74, 6) is -0.738. The summed E-state index contributed by atoms with van der Waals surface area (Å²) in [6, 6.07) is 10.1. The molecule has 1 aromatic rings. The Bertz CT molecular complexity index is 306. The first-order valence-electron chi connectivity index (χ1n) is 5.41. The molecule has 1 rings (SSSR count). The van der Waals surface area contributed by atoms with E-state index in [1.54, 1.807) is 6.92 Å². The van der Waals surface area contributed by atoms with Crippen molar-refractivity contribution < 1.29 is 9.90 Å². The molecule has 82 valence electrons. The Labute approximate surface area is 90.9 Å². The monoisotopic (exact) mass is 206 g/mol. The highest BCUT2D eigenvalue weighted by molar-refractivity contribution is 5.69. The van der Waals surface area contributed by atoms with E-state index in [0.29, 0.717) is 0 Å². The van der Waals surface area contributed by atoms with E-state index in [9.17, 15) is 4.79 Å². The largest absolute Gasteiger partial charge is 0.481 e. The van der Waals surface area contributed by atoms with Crippen molar-refractivity contribution in [2.24, 2.45) is 11.8 Å². The van der Waals surface area contributed by atoms with Crippen LogP contribution in [-0.2, 0) is 11.2 Å². The molecule has 2 atom stereocenters. The van der Waals surface area contributed by atoms with Gasteiger partial charge in [-0.05, 0) is 17.9 Å². The SMILES string of the molecule is CCC(Cc1ccccc1)[C@@H](C)C(=O)O. The van der Waals surface area contributed by atoms with Crippen LogP contribution in [0.15, 0.2) is 30.3 Å². The van der Waals surface area contributed by atoms with Crippen LogP contribution >= 0.6 is 0 Å². The molecule has 0 aliphatic rings. The topological polar surface area (TPSA) is 37.3 Å². The molecule has 0 radical (unpaired) electrons. The van der Waals surface area contributed by atoms with Gasteiger partial charge in [0.2, 0.25) is 0 Å². The molecule has 0 heterocycles. The highest BCUT2D eigenvalue weighted by Crippen LogP contribution is 2.20. The van der Waals surface area contributed by atoms with Gasteiger partial charge in [0, 0.05) is 0 Å². The first-order valence-corrected chi connectivity index (χ1v) is 5.41. The summed E-state index contributed by atoms with van der Waals surface area (Å²) in [6.45, 7) is 3.84. The average molecular weight is 206 g/mol. The number of rotatable bonds is 5. The Balaban J connectivity index is 2.66. The Morgan fingerprint density at radius 3 is 2.40 bits per heavy atom. The lowest BCUT2D eigenvalue weighted by atomic mass is 9.86. The molecule has 15 heavy (non-hydrogen) atoms. The van der Waals surface area contributed by atoms with E-state index in [-0.39, 0.29) is 11.8 Å². The van der Waals surface area contributed by atoms with Crippen molar-refractivity contribution in [3.05, 3.63) is 35.9 Å². The minimum atomic E-state index is -0.696. The highest BCUT2D eigenvalue weighted by atomic mass is 16.4. The van der Waals surface area contributed by atoms with Crippen LogP contribution in [-0.4, -0.2) is 11.1 Å². The van der Waals surface area contributed by atoms with Crippen LogP contribution in [0.25, 0.3) is 0 Å². The molecule has 1 N–H and O–H groups in total. The van der Waals surface area contributed by atoms with E-state index in [0.717, 1.165) is 12.8 Å². The first-order chi connectivity index (χ1) is 7.15. The van der Waals surface area contributed by atoms with Gasteiger partial charge < -0.3 is 5.11 Å². The van der Waals surface area contributed by atoms with Gasteiger partial charge in [0.05, 0.1) is 5.92 Å². The summed E-state index contributed by atoms with van der Waals surface area (Å²) in [4.78, 5) is 10.9. The fraction of sp³-hybridized carbons (Fsp3) is 0.462. The lowest BCUT2D eigenvalue weighted by Gasteiger charge is -2.19. The van der Waals surface area contributed by atoms with E-state index in [1.807, 2.05) is 25.1 Å². The molecule has 0 aliphatic carbocycles. The van der Waals surface area contributed by atoms with Crippen molar-refractivity contribution in [3.8, 4) is 0 Å². The van der Waals surface area contributed by atoms with Gasteiger partial charge in [0.15, 0.2) is 0 Å². The van der Waals surface area contributed by atoms with Crippen LogP contribution < -0.4 is 0 Å². The maximum Gasteiger partial charge on any atom is 0.306 e. The molecular formula is C13H18O2. The van der Waals surface area contributed by atoms with E-state index < -0.39 is 5.97 Å². The van der Waals surface area contributed by atoms with Crippen molar-refractivity contribution >= 4 is 5.97 Å². The molecule has 0 bridgehead atoms. The summed E-state index contributed by atoms with van der Waals surface area (Å²) in [5, 5.41) is 8.96. The van der Waals surface area contributed by atoms with Gasteiger partial charge in [0.25, 0.3) is 0 Å². The van der Waals surface area contributed by atoms with Crippen LogP contribution in [0.1, 0.15) is 25.8 Å². The lowest BCUT2D eigenvalue weighted by molar-refractivity contribution is -0.143. The van der Waals surface area contributed by atoms with Crippen LogP contribution in [0.4, 0.5) is 0 Å². The zero-order chi connectivity index (χ0) is 11.3. The minimum Gasteiger partial charge on any atom is -0.481 e. The number of carboxylic acids is 1. The number of hydrogen-bond acceptors (Lipinski definition) is 1. The molecule has 0 spiro atoms. The van der Waals surface area contributed by atoms with Gasteiger partial charge >= 0.3 is 5.97 Å². The Hall–Kier alpha value is -1.31. The van der Waals surface area contributed by atoms with Crippen molar-refractivity contribution in [2.75, 3.05) is 0 Å². The number of carboxylic acid groups (broad SMARTS) is 1. The van der Waals surface area contributed by atoms with E-state index in [4.69, 9.17) is 5.11 Å². The molecule has 0 amide bonds. The number of hydrogen-bond donors (Lipinski definition) is 1. The minimum absolute atomic E-state index is 0.227. The number of carbonyl (C=O) groups is 1. The first kappa shape index (κ1) is 11.8. The van der Waals surface area contributed by atoms with Gasteiger partial charge in [-0.2, -0.15) is 0 Å². The van der Waals surface area contributed by atoms with Crippen molar-refractivity contribution in [1.29, 1.82) is 0 Å². The lowest BCUT2D eigenvalue weighted by Crippen LogP contribution is -2.21. The van der Waals surface area contributed by atoms with Crippen LogP contribution in [0.2, 0.25) is 0 Å². The Morgan fingerprint density at radius 1 is 1.33 bits per heavy atom. The van der Waals surface area contributed by atoms with Crippen LogP contribution in [0, 0.1) is 11.8 Å². The third-order valence-corrected chi connectivity index (χ3v) is 2.96. The van der Waals surface area contributed by atoms with Crippen molar-refractivity contribution in [3.63, 3.8) is 0 Å². The van der Waals surface area contributed by atoms with Gasteiger partial charge in [-0.25, -0.2) is 0 Å². The van der Waals surface area contributed by atoms with Gasteiger partial charge in [-0.3, -0.25) is 4.79 Å². The van der Waals surface area contributed by atoms with E-state index >= 15 is 0 Å². The molecule has 1 aromatic carbocycles.